The fourth-order valence-corrected chi connectivity index (χ4v) is 0.223. The van der Waals surface area contributed by atoms with E-state index in [-0.39, 0.29) is 0 Å². The Hall–Kier alpha value is -1.64. The van der Waals surface area contributed by atoms with E-state index in [1.165, 1.54) is 0 Å². The Labute approximate surface area is 66.1 Å². The van der Waals surface area contributed by atoms with Crippen LogP contribution in [-0.4, -0.2) is 11.8 Å². The summed E-state index contributed by atoms with van der Waals surface area (Å²) in [5, 5.41) is 1.97. The summed E-state index contributed by atoms with van der Waals surface area (Å²) < 4.78 is 0. The Morgan fingerprint density at radius 1 is 1.00 bits per heavy atom. The molecule has 0 aromatic heterocycles. The molecule has 0 aromatic carbocycles. The number of amides is 2. The lowest BCUT2D eigenvalue weighted by molar-refractivity contribution is -0.125. The van der Waals surface area contributed by atoms with Crippen LogP contribution < -0.4 is 5.32 Å². The minimum absolute atomic E-state index is 0.514. The molecule has 60 valence electrons. The number of imide groups is 1. The summed E-state index contributed by atoms with van der Waals surface area (Å²) in [4.78, 5) is 20.6. The molecule has 11 heavy (non-hydrogen) atoms. The van der Waals surface area contributed by atoms with Gasteiger partial charge in [-0.15, -0.1) is 13.2 Å². The minimum atomic E-state index is -0.514. The zero-order valence-corrected chi connectivity index (χ0v) is 6.30. The normalized spacial score (nSPS) is 6.55. The maximum Gasteiger partial charge on any atom is 0.250 e. The Balaban J connectivity index is 0. The molecule has 3 nitrogen and oxygen atoms in total. The second-order valence-corrected chi connectivity index (χ2v) is 1.26. The number of hydrogen-bond donors (Lipinski definition) is 1. The van der Waals surface area contributed by atoms with Gasteiger partial charge in [-0.3, -0.25) is 14.9 Å². The molecule has 0 unspecified atom stereocenters. The Morgan fingerprint density at radius 2 is 1.27 bits per heavy atom. The number of carbonyl (C=O) groups excluding carboxylic acids is 2. The summed E-state index contributed by atoms with van der Waals surface area (Å²) in [5.41, 5.74) is 0. The molecule has 0 aliphatic carbocycles. The zero-order valence-electron chi connectivity index (χ0n) is 6.30. The summed E-state index contributed by atoms with van der Waals surface area (Å²) in [6, 6.07) is 0. The topological polar surface area (TPSA) is 46.2 Å². The van der Waals surface area contributed by atoms with Gasteiger partial charge in [0.05, 0.1) is 0 Å². The largest absolute Gasteiger partial charge is 0.289 e. The second kappa shape index (κ2) is 8.36. The van der Waals surface area contributed by atoms with Crippen LogP contribution in [0.25, 0.3) is 0 Å². The van der Waals surface area contributed by atoms with Crippen molar-refractivity contribution in [3.63, 3.8) is 0 Å². The highest BCUT2D eigenvalue weighted by atomic mass is 16.2. The third kappa shape index (κ3) is 8.36. The molecule has 2 amide bonds. The molecule has 1 N–H and O–H groups in total. The summed E-state index contributed by atoms with van der Waals surface area (Å²) in [5.74, 6) is -1.03. The maximum absolute atomic E-state index is 10.3. The van der Waals surface area contributed by atoms with E-state index in [4.69, 9.17) is 0 Å². The van der Waals surface area contributed by atoms with E-state index in [0.29, 0.717) is 0 Å². The third-order valence-electron chi connectivity index (χ3n) is 0.617. The quantitative estimate of drug-likeness (QED) is 0.471. The molecule has 0 aliphatic heterocycles. The zero-order chi connectivity index (χ0) is 9.28. The molecule has 0 atom stereocenters. The molecule has 0 spiro atoms. The monoisotopic (exact) mass is 153 g/mol. The van der Waals surface area contributed by atoms with E-state index in [2.05, 4.69) is 26.3 Å². The Kier molecular flexibility index (Phi) is 9.18. The van der Waals surface area contributed by atoms with Gasteiger partial charge in [0.1, 0.15) is 0 Å². The summed E-state index contributed by atoms with van der Waals surface area (Å²) in [6.45, 7) is 12.3. The van der Waals surface area contributed by atoms with Crippen molar-refractivity contribution in [2.24, 2.45) is 0 Å². The van der Waals surface area contributed by atoms with Crippen LogP contribution >= 0.6 is 0 Å². The lowest BCUT2D eigenvalue weighted by atomic mass is 10.5. The minimum Gasteiger partial charge on any atom is -0.289 e. The van der Waals surface area contributed by atoms with Crippen molar-refractivity contribution >= 4 is 11.8 Å². The van der Waals surface area contributed by atoms with Crippen LogP contribution in [0, 0.1) is 0 Å². The number of hydrogen-bond acceptors (Lipinski definition) is 2. The van der Waals surface area contributed by atoms with Crippen LogP contribution in [-0.2, 0) is 9.59 Å². The molecule has 0 radical (unpaired) electrons. The highest BCUT2D eigenvalue weighted by Crippen LogP contribution is 1.68. The number of carbonyl (C=O) groups is 2. The van der Waals surface area contributed by atoms with Gasteiger partial charge in [-0.05, 0) is 12.2 Å². The predicted molar refractivity (Wildman–Crippen MR) is 44.8 cm³/mol. The predicted octanol–water partition coefficient (Wildman–Crippen LogP) is 0.803. The van der Waals surface area contributed by atoms with Gasteiger partial charge in [-0.2, -0.15) is 0 Å². The first-order valence-electron chi connectivity index (χ1n) is 2.80. The van der Waals surface area contributed by atoms with Crippen molar-refractivity contribution in [2.45, 2.75) is 0 Å². The van der Waals surface area contributed by atoms with Gasteiger partial charge < -0.3 is 0 Å². The van der Waals surface area contributed by atoms with E-state index in [9.17, 15) is 9.59 Å². The van der Waals surface area contributed by atoms with Gasteiger partial charge in [0, 0.05) is 0 Å². The summed E-state index contributed by atoms with van der Waals surface area (Å²) in [7, 11) is 0. The third-order valence-corrected chi connectivity index (χ3v) is 0.617. The lowest BCUT2D eigenvalue weighted by Crippen LogP contribution is -2.26. The van der Waals surface area contributed by atoms with Gasteiger partial charge in [0.15, 0.2) is 0 Å². The van der Waals surface area contributed by atoms with Crippen molar-refractivity contribution in [3.05, 3.63) is 38.5 Å². The molecule has 3 heteroatoms. The van der Waals surface area contributed by atoms with Crippen LogP contribution in [0.5, 0.6) is 0 Å². The van der Waals surface area contributed by atoms with E-state index in [0.717, 1.165) is 12.2 Å². The van der Waals surface area contributed by atoms with Crippen LogP contribution in [0.2, 0.25) is 0 Å². The molecule has 0 saturated heterocycles. The standard InChI is InChI=1S/C6H7NO2.C2H4/c1-3-5(8)7-6(9)4-2;1-2/h3-4H,1-2H2,(H,7,8,9);1-2H2. The molecule has 0 saturated carbocycles. The van der Waals surface area contributed by atoms with Gasteiger partial charge in [-0.25, -0.2) is 0 Å². The average molecular weight is 153 g/mol. The highest BCUT2D eigenvalue weighted by molar-refractivity contribution is 6.04. The first-order valence-corrected chi connectivity index (χ1v) is 2.80. The van der Waals surface area contributed by atoms with Crippen molar-refractivity contribution in [3.8, 4) is 0 Å². The SMILES string of the molecule is C=C.C=CC(=O)NC(=O)C=C. The van der Waals surface area contributed by atoms with Crippen LogP contribution in [0.15, 0.2) is 38.5 Å². The van der Waals surface area contributed by atoms with Crippen LogP contribution in [0.3, 0.4) is 0 Å². The summed E-state index contributed by atoms with van der Waals surface area (Å²) >= 11 is 0. The van der Waals surface area contributed by atoms with Crippen molar-refractivity contribution in [1.82, 2.24) is 5.32 Å². The average Bonchev–Trinajstić information content (AvgIpc) is 2.07. The van der Waals surface area contributed by atoms with Crippen molar-refractivity contribution < 1.29 is 9.59 Å². The van der Waals surface area contributed by atoms with E-state index >= 15 is 0 Å². The molecule has 0 rings (SSSR count). The first kappa shape index (κ1) is 12.1. The van der Waals surface area contributed by atoms with E-state index in [1.54, 1.807) is 0 Å². The smallest absolute Gasteiger partial charge is 0.250 e. The molecular formula is C8H11NO2. The van der Waals surface area contributed by atoms with E-state index < -0.39 is 11.8 Å². The lowest BCUT2D eigenvalue weighted by Gasteiger charge is -1.91. The molecule has 0 aliphatic rings. The fraction of sp³-hybridized carbons (Fsp3) is 0. The number of nitrogens with one attached hydrogen (secondary N) is 1. The van der Waals surface area contributed by atoms with Crippen molar-refractivity contribution in [2.75, 3.05) is 0 Å². The molecule has 0 fully saturated rings. The van der Waals surface area contributed by atoms with Crippen LogP contribution in [0.1, 0.15) is 0 Å². The first-order chi connectivity index (χ1) is 5.20. The number of rotatable bonds is 2. The van der Waals surface area contributed by atoms with Gasteiger partial charge in [-0.1, -0.05) is 13.2 Å². The van der Waals surface area contributed by atoms with Crippen LogP contribution in [0.4, 0.5) is 0 Å². The van der Waals surface area contributed by atoms with Gasteiger partial charge >= 0.3 is 0 Å². The Morgan fingerprint density at radius 3 is 1.45 bits per heavy atom. The second-order valence-electron chi connectivity index (χ2n) is 1.26. The maximum atomic E-state index is 10.3. The molecule has 0 heterocycles. The Bertz CT molecular complexity index is 155. The van der Waals surface area contributed by atoms with Gasteiger partial charge in [0.2, 0.25) is 11.8 Å². The summed E-state index contributed by atoms with van der Waals surface area (Å²) in [6.07, 6.45) is 2.03. The molecule has 0 bridgehead atoms. The molecule has 0 aromatic rings. The van der Waals surface area contributed by atoms with Crippen molar-refractivity contribution in [1.29, 1.82) is 0 Å². The fourth-order valence-electron chi connectivity index (χ4n) is 0.223. The van der Waals surface area contributed by atoms with E-state index in [1.807, 2.05) is 5.32 Å². The highest BCUT2D eigenvalue weighted by Gasteiger charge is 1.96. The molecular weight excluding hydrogens is 142 g/mol. The van der Waals surface area contributed by atoms with Gasteiger partial charge in [0.25, 0.3) is 0 Å².